The summed E-state index contributed by atoms with van der Waals surface area (Å²) in [6.07, 6.45) is 0.957. The van der Waals surface area contributed by atoms with E-state index in [9.17, 15) is 25.2 Å². The van der Waals surface area contributed by atoms with Crippen LogP contribution >= 0.6 is 0 Å². The molecule has 0 radical (unpaired) electrons. The van der Waals surface area contributed by atoms with E-state index in [2.05, 4.69) is 0 Å². The quantitative estimate of drug-likeness (QED) is 0.631. The normalized spacial score (nSPS) is 26.1. The van der Waals surface area contributed by atoms with Crippen LogP contribution in [0.3, 0.4) is 0 Å². The third kappa shape index (κ3) is 2.36. The molecule has 3 rings (SSSR count). The summed E-state index contributed by atoms with van der Waals surface area (Å²) >= 11 is 0. The summed E-state index contributed by atoms with van der Waals surface area (Å²) in [5.74, 6) is -0.500. The van der Waals surface area contributed by atoms with Crippen LogP contribution < -0.4 is 5.43 Å². The second kappa shape index (κ2) is 4.75. The lowest BCUT2D eigenvalue weighted by Gasteiger charge is -2.33. The SMILES string of the molecule is O=c1cc(C2(O)CCC(O)CC2)oc2cc(O)cc(O)c12. The third-order valence-electron chi connectivity index (χ3n) is 4.04. The van der Waals surface area contributed by atoms with E-state index in [1.807, 2.05) is 0 Å². The predicted molar refractivity (Wildman–Crippen MR) is 74.2 cm³/mol. The molecule has 1 aromatic carbocycles. The van der Waals surface area contributed by atoms with Crippen molar-refractivity contribution in [3.8, 4) is 11.5 Å². The predicted octanol–water partition coefficient (Wildman–Crippen LogP) is 1.33. The molecule has 4 N–H and O–H groups in total. The Kier molecular flexibility index (Phi) is 3.15. The van der Waals surface area contributed by atoms with Gasteiger partial charge in [0.1, 0.15) is 33.8 Å². The Morgan fingerprint density at radius 1 is 1.14 bits per heavy atom. The van der Waals surface area contributed by atoms with Crippen LogP contribution in [-0.2, 0) is 5.60 Å². The molecule has 1 fully saturated rings. The first-order valence-corrected chi connectivity index (χ1v) is 6.80. The number of benzene rings is 1. The van der Waals surface area contributed by atoms with Gasteiger partial charge < -0.3 is 24.8 Å². The number of hydrogen-bond acceptors (Lipinski definition) is 6. The molecule has 6 heteroatoms. The Hall–Kier alpha value is -2.05. The molecule has 1 aliphatic carbocycles. The molecule has 0 spiro atoms. The molecular weight excluding hydrogens is 276 g/mol. The Bertz CT molecular complexity index is 740. The van der Waals surface area contributed by atoms with Gasteiger partial charge in [0.15, 0.2) is 5.43 Å². The molecule has 0 saturated heterocycles. The van der Waals surface area contributed by atoms with Crippen molar-refractivity contribution in [1.29, 1.82) is 0 Å². The first-order chi connectivity index (χ1) is 9.89. The highest BCUT2D eigenvalue weighted by Crippen LogP contribution is 2.38. The van der Waals surface area contributed by atoms with Crippen LogP contribution in [0.5, 0.6) is 11.5 Å². The summed E-state index contributed by atoms with van der Waals surface area (Å²) < 4.78 is 5.53. The van der Waals surface area contributed by atoms with Crippen molar-refractivity contribution >= 4 is 11.0 Å². The van der Waals surface area contributed by atoms with Crippen LogP contribution in [0.4, 0.5) is 0 Å². The number of hydrogen-bond donors (Lipinski definition) is 4. The molecule has 1 aliphatic rings. The van der Waals surface area contributed by atoms with E-state index in [1.165, 1.54) is 6.07 Å². The fourth-order valence-corrected chi connectivity index (χ4v) is 2.81. The van der Waals surface area contributed by atoms with E-state index < -0.39 is 17.1 Å². The fraction of sp³-hybridized carbons (Fsp3) is 0.400. The van der Waals surface area contributed by atoms with Gasteiger partial charge in [-0.1, -0.05) is 0 Å². The lowest BCUT2D eigenvalue weighted by atomic mass is 9.81. The van der Waals surface area contributed by atoms with E-state index in [1.54, 1.807) is 0 Å². The zero-order chi connectivity index (χ0) is 15.2. The fourth-order valence-electron chi connectivity index (χ4n) is 2.81. The van der Waals surface area contributed by atoms with Crippen LogP contribution in [0.25, 0.3) is 11.0 Å². The maximum absolute atomic E-state index is 12.1. The van der Waals surface area contributed by atoms with Crippen molar-refractivity contribution in [3.63, 3.8) is 0 Å². The van der Waals surface area contributed by atoms with Gasteiger partial charge in [-0.15, -0.1) is 0 Å². The molecule has 1 aromatic heterocycles. The first kappa shape index (κ1) is 13.9. The average molecular weight is 292 g/mol. The van der Waals surface area contributed by atoms with E-state index in [0.717, 1.165) is 12.1 Å². The summed E-state index contributed by atoms with van der Waals surface area (Å²) in [7, 11) is 0. The van der Waals surface area contributed by atoms with E-state index >= 15 is 0 Å². The van der Waals surface area contributed by atoms with Gasteiger partial charge in [-0.05, 0) is 25.7 Å². The third-order valence-corrected chi connectivity index (χ3v) is 4.04. The highest BCUT2D eigenvalue weighted by molar-refractivity contribution is 5.84. The van der Waals surface area contributed by atoms with Crippen molar-refractivity contribution in [3.05, 3.63) is 34.2 Å². The van der Waals surface area contributed by atoms with Gasteiger partial charge >= 0.3 is 0 Å². The number of aromatic hydroxyl groups is 2. The molecule has 21 heavy (non-hydrogen) atoms. The Balaban J connectivity index is 2.15. The number of aliphatic hydroxyl groups is 2. The first-order valence-electron chi connectivity index (χ1n) is 6.80. The molecule has 1 saturated carbocycles. The number of phenols is 2. The smallest absolute Gasteiger partial charge is 0.196 e. The van der Waals surface area contributed by atoms with Crippen LogP contribution in [-0.4, -0.2) is 26.5 Å². The average Bonchev–Trinajstić information content (AvgIpc) is 2.41. The molecular formula is C15H16O6. The molecule has 112 valence electrons. The van der Waals surface area contributed by atoms with Gasteiger partial charge in [0.05, 0.1) is 6.10 Å². The van der Waals surface area contributed by atoms with Crippen molar-refractivity contribution in [2.45, 2.75) is 37.4 Å². The molecule has 2 aromatic rings. The molecule has 1 heterocycles. The minimum absolute atomic E-state index is 0.0227. The molecule has 0 atom stereocenters. The zero-order valence-electron chi connectivity index (χ0n) is 11.2. The number of aliphatic hydroxyl groups excluding tert-OH is 1. The van der Waals surface area contributed by atoms with Gasteiger partial charge in [-0.3, -0.25) is 4.79 Å². The maximum Gasteiger partial charge on any atom is 0.196 e. The summed E-state index contributed by atoms with van der Waals surface area (Å²) in [6, 6.07) is 3.45. The molecule has 0 amide bonds. The minimum atomic E-state index is -1.31. The monoisotopic (exact) mass is 292 g/mol. The lowest BCUT2D eigenvalue weighted by Crippen LogP contribution is -2.34. The molecule has 0 bridgehead atoms. The van der Waals surface area contributed by atoms with Gasteiger partial charge in [0.25, 0.3) is 0 Å². The van der Waals surface area contributed by atoms with Crippen molar-refractivity contribution in [2.24, 2.45) is 0 Å². The van der Waals surface area contributed by atoms with E-state index in [0.29, 0.717) is 12.8 Å². The lowest BCUT2D eigenvalue weighted by molar-refractivity contribution is -0.0504. The van der Waals surface area contributed by atoms with Crippen LogP contribution in [0.1, 0.15) is 31.4 Å². The van der Waals surface area contributed by atoms with E-state index in [4.69, 9.17) is 4.42 Å². The number of fused-ring (bicyclic) bond motifs is 1. The van der Waals surface area contributed by atoms with Gasteiger partial charge in [0.2, 0.25) is 0 Å². The molecule has 0 aliphatic heterocycles. The van der Waals surface area contributed by atoms with Gasteiger partial charge in [0, 0.05) is 18.2 Å². The summed E-state index contributed by atoms with van der Waals surface area (Å²) in [4.78, 5) is 12.1. The summed E-state index contributed by atoms with van der Waals surface area (Å²) in [6.45, 7) is 0. The summed E-state index contributed by atoms with van der Waals surface area (Å²) in [5, 5.41) is 39.3. The minimum Gasteiger partial charge on any atom is -0.508 e. The van der Waals surface area contributed by atoms with Crippen LogP contribution in [0.15, 0.2) is 27.4 Å². The second-order valence-corrected chi connectivity index (χ2v) is 5.58. The largest absolute Gasteiger partial charge is 0.508 e. The molecule has 6 nitrogen and oxygen atoms in total. The van der Waals surface area contributed by atoms with Crippen LogP contribution in [0.2, 0.25) is 0 Å². The summed E-state index contributed by atoms with van der Waals surface area (Å²) in [5.41, 5.74) is -1.77. The maximum atomic E-state index is 12.1. The van der Waals surface area contributed by atoms with Crippen molar-refractivity contribution in [1.82, 2.24) is 0 Å². The highest BCUT2D eigenvalue weighted by atomic mass is 16.4. The Morgan fingerprint density at radius 2 is 1.81 bits per heavy atom. The van der Waals surface area contributed by atoms with Crippen molar-refractivity contribution < 1.29 is 24.8 Å². The molecule has 0 unspecified atom stereocenters. The highest BCUT2D eigenvalue weighted by Gasteiger charge is 2.37. The standard InChI is InChI=1S/C15H16O6/c16-8-1-3-15(20,4-2-8)13-7-11(19)14-10(18)5-9(17)6-12(14)21-13/h5-8,16-18,20H,1-4H2. The number of rotatable bonds is 1. The van der Waals surface area contributed by atoms with Crippen molar-refractivity contribution in [2.75, 3.05) is 0 Å². The Labute approximate surface area is 119 Å². The van der Waals surface area contributed by atoms with Gasteiger partial charge in [-0.25, -0.2) is 0 Å². The Morgan fingerprint density at radius 3 is 2.48 bits per heavy atom. The zero-order valence-corrected chi connectivity index (χ0v) is 11.2. The van der Waals surface area contributed by atoms with E-state index in [-0.39, 0.29) is 41.1 Å². The topological polar surface area (TPSA) is 111 Å². The number of phenolic OH excluding ortho intramolecular Hbond substituents is 2. The van der Waals surface area contributed by atoms with Gasteiger partial charge in [-0.2, -0.15) is 0 Å². The van der Waals surface area contributed by atoms with Crippen LogP contribution in [0, 0.1) is 0 Å². The second-order valence-electron chi connectivity index (χ2n) is 5.58.